The Balaban J connectivity index is 1.36. The molecule has 0 bridgehead atoms. The van der Waals surface area contributed by atoms with Gasteiger partial charge in [-0.2, -0.15) is 0 Å². The Hall–Kier alpha value is -4.02. The number of carbonyl (C=O) groups is 3. The molecule has 204 valence electrons. The van der Waals surface area contributed by atoms with Gasteiger partial charge in [0.15, 0.2) is 11.5 Å². The molecule has 0 atom stereocenters. The van der Waals surface area contributed by atoms with Crippen LogP contribution in [0.15, 0.2) is 80.5 Å². The van der Waals surface area contributed by atoms with Crippen molar-refractivity contribution in [1.82, 2.24) is 4.90 Å². The average molecular weight is 622 g/mol. The van der Waals surface area contributed by atoms with Gasteiger partial charge >= 0.3 is 5.97 Å². The summed E-state index contributed by atoms with van der Waals surface area (Å²) in [4.78, 5) is 38.7. The standard InChI is InChI=1S/C30H24BrNO7S/c1-3-37-25-14-18(13-23(31)27(25)38-17-20-9-6-8-19-7-4-5-10-22(19)20)15-26-28(33)32(30(35)40-26)16-21-11-12-24(39-21)29(34)36-2/h4-15H,3,16-17H2,1-2H3/b26-15+. The fourth-order valence-electron chi connectivity index (χ4n) is 4.26. The maximum atomic E-state index is 13.1. The summed E-state index contributed by atoms with van der Waals surface area (Å²) in [5, 5.41) is 1.81. The molecule has 1 fully saturated rings. The number of halogens is 1. The Labute approximate surface area is 243 Å². The topological polar surface area (TPSA) is 95.3 Å². The molecule has 0 saturated carbocycles. The molecule has 1 aromatic heterocycles. The number of imide groups is 1. The van der Waals surface area contributed by atoms with Crippen LogP contribution in [0.25, 0.3) is 16.8 Å². The number of esters is 1. The quantitative estimate of drug-likeness (QED) is 0.143. The number of ether oxygens (including phenoxy) is 3. The fraction of sp³-hybridized carbons (Fsp3) is 0.167. The van der Waals surface area contributed by atoms with Gasteiger partial charge in [0.1, 0.15) is 12.4 Å². The summed E-state index contributed by atoms with van der Waals surface area (Å²) >= 11 is 4.42. The van der Waals surface area contributed by atoms with Crippen LogP contribution in [0.1, 0.15) is 34.4 Å². The first kappa shape index (κ1) is 27.5. The normalized spacial score (nSPS) is 14.3. The van der Waals surface area contributed by atoms with Crippen LogP contribution in [-0.2, 0) is 22.7 Å². The van der Waals surface area contributed by atoms with Crippen LogP contribution in [0.5, 0.6) is 11.5 Å². The van der Waals surface area contributed by atoms with Crippen molar-refractivity contribution >= 4 is 61.7 Å². The van der Waals surface area contributed by atoms with E-state index in [4.69, 9.17) is 13.9 Å². The number of hydrogen-bond acceptors (Lipinski definition) is 8. The van der Waals surface area contributed by atoms with Crippen LogP contribution in [0.3, 0.4) is 0 Å². The van der Waals surface area contributed by atoms with Gasteiger partial charge in [0.2, 0.25) is 5.76 Å². The van der Waals surface area contributed by atoms with Crippen molar-refractivity contribution < 1.29 is 33.0 Å². The summed E-state index contributed by atoms with van der Waals surface area (Å²) in [6, 6.07) is 20.8. The second-order valence-corrected chi connectivity index (χ2v) is 10.6. The molecular weight excluding hydrogens is 598 g/mol. The zero-order valence-corrected chi connectivity index (χ0v) is 24.0. The Kier molecular flexibility index (Phi) is 8.27. The molecule has 40 heavy (non-hydrogen) atoms. The second-order valence-electron chi connectivity index (χ2n) is 8.72. The van der Waals surface area contributed by atoms with Crippen molar-refractivity contribution in [1.29, 1.82) is 0 Å². The number of amides is 2. The van der Waals surface area contributed by atoms with Gasteiger partial charge in [-0.15, -0.1) is 0 Å². The number of carbonyl (C=O) groups excluding carboxylic acids is 3. The highest BCUT2D eigenvalue weighted by atomic mass is 79.9. The molecule has 3 aromatic carbocycles. The van der Waals surface area contributed by atoms with E-state index in [9.17, 15) is 14.4 Å². The van der Waals surface area contributed by atoms with E-state index in [0.717, 1.165) is 33.0 Å². The number of furan rings is 1. The highest BCUT2D eigenvalue weighted by molar-refractivity contribution is 9.10. The lowest BCUT2D eigenvalue weighted by Crippen LogP contribution is -2.27. The largest absolute Gasteiger partial charge is 0.490 e. The summed E-state index contributed by atoms with van der Waals surface area (Å²) in [7, 11) is 1.24. The minimum Gasteiger partial charge on any atom is -0.490 e. The van der Waals surface area contributed by atoms with Gasteiger partial charge in [0, 0.05) is 0 Å². The number of nitrogens with zero attached hydrogens (tertiary/aromatic N) is 1. The highest BCUT2D eigenvalue weighted by Crippen LogP contribution is 2.40. The third-order valence-electron chi connectivity index (χ3n) is 6.12. The van der Waals surface area contributed by atoms with Crippen molar-refractivity contribution in [2.45, 2.75) is 20.1 Å². The maximum absolute atomic E-state index is 13.1. The maximum Gasteiger partial charge on any atom is 0.373 e. The summed E-state index contributed by atoms with van der Waals surface area (Å²) in [5.41, 5.74) is 1.70. The molecule has 10 heteroatoms. The first-order valence-corrected chi connectivity index (χ1v) is 14.0. The first-order chi connectivity index (χ1) is 19.4. The van der Waals surface area contributed by atoms with Gasteiger partial charge in [-0.3, -0.25) is 14.5 Å². The van der Waals surface area contributed by atoms with E-state index in [1.807, 2.05) is 37.3 Å². The number of thioether (sulfide) groups is 1. The van der Waals surface area contributed by atoms with Crippen LogP contribution >= 0.6 is 27.7 Å². The Morgan fingerprint density at radius 1 is 1.05 bits per heavy atom. The molecule has 8 nitrogen and oxygen atoms in total. The Bertz CT molecular complexity index is 1640. The van der Waals surface area contributed by atoms with Crippen molar-refractivity contribution in [2.24, 2.45) is 0 Å². The van der Waals surface area contributed by atoms with Crippen molar-refractivity contribution in [3.8, 4) is 11.5 Å². The highest BCUT2D eigenvalue weighted by Gasteiger charge is 2.36. The molecule has 0 spiro atoms. The zero-order valence-electron chi connectivity index (χ0n) is 21.6. The van der Waals surface area contributed by atoms with Gasteiger partial charge in [-0.05, 0) is 86.9 Å². The lowest BCUT2D eigenvalue weighted by molar-refractivity contribution is -0.123. The van der Waals surface area contributed by atoms with E-state index in [0.29, 0.717) is 34.7 Å². The molecule has 1 saturated heterocycles. The number of rotatable bonds is 9. The number of methoxy groups -OCH3 is 1. The smallest absolute Gasteiger partial charge is 0.373 e. The predicted octanol–water partition coefficient (Wildman–Crippen LogP) is 7.20. The third kappa shape index (κ3) is 5.78. The summed E-state index contributed by atoms with van der Waals surface area (Å²) in [5.74, 6) is 0.235. The molecule has 0 aliphatic carbocycles. The van der Waals surface area contributed by atoms with Gasteiger partial charge in [0.05, 0.1) is 29.6 Å². The van der Waals surface area contributed by atoms with Gasteiger partial charge in [0.25, 0.3) is 11.1 Å². The zero-order chi connectivity index (χ0) is 28.2. The van der Waals surface area contributed by atoms with Crippen LogP contribution in [0, 0.1) is 0 Å². The minimum atomic E-state index is -0.638. The molecule has 1 aliphatic heterocycles. The van der Waals surface area contributed by atoms with E-state index in [2.05, 4.69) is 38.9 Å². The van der Waals surface area contributed by atoms with Gasteiger partial charge in [-0.1, -0.05) is 42.5 Å². The number of fused-ring (bicyclic) bond motifs is 1. The summed E-state index contributed by atoms with van der Waals surface area (Å²) in [6.45, 7) is 2.52. The lowest BCUT2D eigenvalue weighted by atomic mass is 10.1. The summed E-state index contributed by atoms with van der Waals surface area (Å²) in [6.07, 6.45) is 1.63. The molecule has 5 rings (SSSR count). The number of hydrogen-bond donors (Lipinski definition) is 0. The van der Waals surface area contributed by atoms with E-state index in [1.165, 1.54) is 19.2 Å². The Morgan fingerprint density at radius 3 is 2.65 bits per heavy atom. The van der Waals surface area contributed by atoms with Crippen LogP contribution in [0.2, 0.25) is 0 Å². The Morgan fingerprint density at radius 2 is 1.85 bits per heavy atom. The van der Waals surface area contributed by atoms with Crippen LogP contribution in [0.4, 0.5) is 4.79 Å². The van der Waals surface area contributed by atoms with Gasteiger partial charge < -0.3 is 18.6 Å². The third-order valence-corrected chi connectivity index (χ3v) is 7.61. The van der Waals surface area contributed by atoms with Crippen molar-refractivity contribution in [3.63, 3.8) is 0 Å². The molecule has 2 amide bonds. The number of benzene rings is 3. The molecule has 4 aromatic rings. The molecule has 1 aliphatic rings. The fourth-order valence-corrected chi connectivity index (χ4v) is 5.67. The van der Waals surface area contributed by atoms with Gasteiger partial charge in [-0.25, -0.2) is 4.79 Å². The molecule has 0 radical (unpaired) electrons. The van der Waals surface area contributed by atoms with E-state index in [-0.39, 0.29) is 23.0 Å². The minimum absolute atomic E-state index is 0.00363. The SMILES string of the molecule is CCOc1cc(/C=C2/SC(=O)N(Cc3ccc(C(=O)OC)o3)C2=O)cc(Br)c1OCc1cccc2ccccc12. The van der Waals surface area contributed by atoms with E-state index >= 15 is 0 Å². The van der Waals surface area contributed by atoms with Crippen molar-refractivity contribution in [3.05, 3.63) is 98.8 Å². The second kappa shape index (κ2) is 12.0. The predicted molar refractivity (Wildman–Crippen MR) is 155 cm³/mol. The molecule has 2 heterocycles. The van der Waals surface area contributed by atoms with E-state index < -0.39 is 17.1 Å². The molecule has 0 unspecified atom stereocenters. The van der Waals surface area contributed by atoms with E-state index in [1.54, 1.807) is 12.1 Å². The summed E-state index contributed by atoms with van der Waals surface area (Å²) < 4.78 is 22.8. The average Bonchev–Trinajstić information content (AvgIpc) is 3.52. The molecular formula is C30H24BrNO7S. The first-order valence-electron chi connectivity index (χ1n) is 12.4. The lowest BCUT2D eigenvalue weighted by Gasteiger charge is -2.16. The molecule has 0 N–H and O–H groups in total. The monoisotopic (exact) mass is 621 g/mol. The van der Waals surface area contributed by atoms with Crippen LogP contribution in [-0.4, -0.2) is 35.7 Å². The van der Waals surface area contributed by atoms with Crippen LogP contribution < -0.4 is 9.47 Å². The van der Waals surface area contributed by atoms with Crippen molar-refractivity contribution in [2.75, 3.05) is 13.7 Å².